The van der Waals surface area contributed by atoms with Crippen LogP contribution in [0.25, 0.3) is 0 Å². The van der Waals surface area contributed by atoms with Gasteiger partial charge in [-0.05, 0) is 34.1 Å². The van der Waals surface area contributed by atoms with E-state index in [0.717, 1.165) is 0 Å². The number of anilines is 2. The number of aliphatic hydroxyl groups is 1. The van der Waals surface area contributed by atoms with Gasteiger partial charge in [-0.15, -0.1) is 0 Å². The summed E-state index contributed by atoms with van der Waals surface area (Å²) in [7, 11) is 0. The molecule has 6 nitrogen and oxygen atoms in total. The molecular formula is C12H22N4O2. The Labute approximate surface area is 108 Å². The summed E-state index contributed by atoms with van der Waals surface area (Å²) in [6.45, 7) is 7.52. The first-order valence-electron chi connectivity index (χ1n) is 6.11. The molecule has 1 rings (SSSR count). The number of hydrogen-bond donors (Lipinski definition) is 3. The summed E-state index contributed by atoms with van der Waals surface area (Å²) < 4.78 is 5.48. The zero-order chi connectivity index (χ0) is 13.7. The standard InChI is InChI=1S/C12H22N4O2/c1-7(2)18-12-10(13)11(14-6-15-12)16-8(3)5-9(4)17/h6-9,17H,5,13H2,1-4H3,(H,14,15,16). The molecule has 2 unspecified atom stereocenters. The second-order valence-electron chi connectivity index (χ2n) is 4.74. The third-order valence-electron chi connectivity index (χ3n) is 2.27. The second kappa shape index (κ2) is 6.39. The average Bonchev–Trinajstić information content (AvgIpc) is 2.22. The van der Waals surface area contributed by atoms with Crippen LogP contribution in [0.5, 0.6) is 5.88 Å². The Morgan fingerprint density at radius 3 is 2.56 bits per heavy atom. The van der Waals surface area contributed by atoms with Gasteiger partial charge in [0.05, 0.1) is 12.2 Å². The van der Waals surface area contributed by atoms with Crippen molar-refractivity contribution >= 4 is 11.5 Å². The fourth-order valence-electron chi connectivity index (χ4n) is 1.62. The quantitative estimate of drug-likeness (QED) is 0.711. The molecule has 0 aliphatic rings. The second-order valence-corrected chi connectivity index (χ2v) is 4.74. The van der Waals surface area contributed by atoms with Gasteiger partial charge in [0, 0.05) is 6.04 Å². The zero-order valence-electron chi connectivity index (χ0n) is 11.3. The summed E-state index contributed by atoms with van der Waals surface area (Å²) in [5.41, 5.74) is 6.33. The number of rotatable bonds is 6. The highest BCUT2D eigenvalue weighted by Crippen LogP contribution is 2.26. The van der Waals surface area contributed by atoms with Crippen molar-refractivity contribution in [3.8, 4) is 5.88 Å². The van der Waals surface area contributed by atoms with Gasteiger partial charge in [0.1, 0.15) is 12.0 Å². The molecule has 1 aromatic heterocycles. The number of aromatic nitrogens is 2. The van der Waals surface area contributed by atoms with Crippen molar-refractivity contribution in [2.45, 2.75) is 52.4 Å². The summed E-state index contributed by atoms with van der Waals surface area (Å²) in [4.78, 5) is 8.08. The van der Waals surface area contributed by atoms with E-state index in [-0.39, 0.29) is 18.2 Å². The highest BCUT2D eigenvalue weighted by molar-refractivity contribution is 5.66. The van der Waals surface area contributed by atoms with Crippen LogP contribution in [0, 0.1) is 0 Å². The van der Waals surface area contributed by atoms with Crippen LogP contribution in [0.4, 0.5) is 11.5 Å². The van der Waals surface area contributed by atoms with Crippen LogP contribution < -0.4 is 15.8 Å². The molecule has 6 heteroatoms. The maximum atomic E-state index is 9.31. The van der Waals surface area contributed by atoms with Crippen molar-refractivity contribution < 1.29 is 9.84 Å². The fraction of sp³-hybridized carbons (Fsp3) is 0.667. The Morgan fingerprint density at radius 1 is 1.33 bits per heavy atom. The molecule has 0 saturated carbocycles. The predicted octanol–water partition coefficient (Wildman–Crippen LogP) is 1.42. The van der Waals surface area contributed by atoms with E-state index >= 15 is 0 Å². The van der Waals surface area contributed by atoms with Crippen LogP contribution in [-0.4, -0.2) is 33.3 Å². The van der Waals surface area contributed by atoms with Crippen LogP contribution in [0.1, 0.15) is 34.1 Å². The van der Waals surface area contributed by atoms with Crippen LogP contribution in [-0.2, 0) is 0 Å². The fourth-order valence-corrected chi connectivity index (χ4v) is 1.62. The van der Waals surface area contributed by atoms with E-state index < -0.39 is 0 Å². The molecule has 0 bridgehead atoms. The minimum atomic E-state index is -0.373. The van der Waals surface area contributed by atoms with Crippen LogP contribution in [0.2, 0.25) is 0 Å². The number of nitrogens with one attached hydrogen (secondary N) is 1. The lowest BCUT2D eigenvalue weighted by Gasteiger charge is -2.18. The third-order valence-corrected chi connectivity index (χ3v) is 2.27. The number of ether oxygens (including phenoxy) is 1. The molecule has 102 valence electrons. The Hall–Kier alpha value is -1.56. The first-order valence-corrected chi connectivity index (χ1v) is 6.11. The van der Waals surface area contributed by atoms with Crippen molar-refractivity contribution in [3.63, 3.8) is 0 Å². The molecule has 0 aromatic carbocycles. The summed E-state index contributed by atoms with van der Waals surface area (Å²) in [5.74, 6) is 0.917. The van der Waals surface area contributed by atoms with Crippen LogP contribution in [0.15, 0.2) is 6.33 Å². The lowest BCUT2D eigenvalue weighted by atomic mass is 10.1. The lowest BCUT2D eigenvalue weighted by molar-refractivity contribution is 0.179. The minimum Gasteiger partial charge on any atom is -0.473 e. The van der Waals surface area contributed by atoms with E-state index in [1.54, 1.807) is 6.92 Å². The first kappa shape index (κ1) is 14.5. The zero-order valence-corrected chi connectivity index (χ0v) is 11.3. The van der Waals surface area contributed by atoms with Crippen molar-refractivity contribution in [1.29, 1.82) is 0 Å². The van der Waals surface area contributed by atoms with E-state index in [0.29, 0.717) is 23.8 Å². The summed E-state index contributed by atoms with van der Waals surface area (Å²) in [5, 5.41) is 12.5. The lowest BCUT2D eigenvalue weighted by Crippen LogP contribution is -2.22. The SMILES string of the molecule is CC(O)CC(C)Nc1ncnc(OC(C)C)c1N. The molecular weight excluding hydrogens is 232 g/mol. The normalized spacial score (nSPS) is 14.3. The molecule has 4 N–H and O–H groups in total. The van der Waals surface area contributed by atoms with E-state index in [1.807, 2.05) is 20.8 Å². The van der Waals surface area contributed by atoms with Crippen molar-refractivity contribution in [1.82, 2.24) is 9.97 Å². The molecule has 1 heterocycles. The van der Waals surface area contributed by atoms with Gasteiger partial charge in [0.25, 0.3) is 0 Å². The van der Waals surface area contributed by atoms with Gasteiger partial charge in [-0.3, -0.25) is 0 Å². The maximum absolute atomic E-state index is 9.31. The molecule has 0 spiro atoms. The van der Waals surface area contributed by atoms with Gasteiger partial charge in [-0.2, -0.15) is 4.98 Å². The average molecular weight is 254 g/mol. The van der Waals surface area contributed by atoms with Gasteiger partial charge in [-0.25, -0.2) is 4.98 Å². The number of nitrogen functional groups attached to an aromatic ring is 1. The van der Waals surface area contributed by atoms with Gasteiger partial charge in [-0.1, -0.05) is 0 Å². The minimum absolute atomic E-state index is 0.00457. The topological polar surface area (TPSA) is 93.3 Å². The Bertz CT molecular complexity index is 382. The molecule has 0 aliphatic heterocycles. The summed E-state index contributed by atoms with van der Waals surface area (Å²) >= 11 is 0. The molecule has 0 radical (unpaired) electrons. The van der Waals surface area contributed by atoms with E-state index in [1.165, 1.54) is 6.33 Å². The Kier molecular flexibility index (Phi) is 5.15. The predicted molar refractivity (Wildman–Crippen MR) is 71.6 cm³/mol. The highest BCUT2D eigenvalue weighted by Gasteiger charge is 2.13. The first-order chi connectivity index (χ1) is 8.40. The summed E-state index contributed by atoms with van der Waals surface area (Å²) in [6.07, 6.45) is 1.65. The highest BCUT2D eigenvalue weighted by atomic mass is 16.5. The van der Waals surface area contributed by atoms with E-state index in [9.17, 15) is 5.11 Å². The smallest absolute Gasteiger partial charge is 0.242 e. The molecule has 0 aliphatic carbocycles. The van der Waals surface area contributed by atoms with Crippen LogP contribution >= 0.6 is 0 Å². The molecule has 0 saturated heterocycles. The van der Waals surface area contributed by atoms with Crippen molar-refractivity contribution in [2.75, 3.05) is 11.1 Å². The van der Waals surface area contributed by atoms with Crippen molar-refractivity contribution in [3.05, 3.63) is 6.33 Å². The van der Waals surface area contributed by atoms with Gasteiger partial charge >= 0.3 is 0 Å². The van der Waals surface area contributed by atoms with Gasteiger partial charge < -0.3 is 20.9 Å². The maximum Gasteiger partial charge on any atom is 0.242 e. The molecule has 0 fully saturated rings. The van der Waals surface area contributed by atoms with E-state index in [2.05, 4.69) is 15.3 Å². The van der Waals surface area contributed by atoms with Gasteiger partial charge in [0.2, 0.25) is 5.88 Å². The summed E-state index contributed by atoms with van der Waals surface area (Å²) in [6, 6.07) is 0.0640. The third kappa shape index (κ3) is 4.37. The number of nitrogens with two attached hydrogens (primary N) is 1. The van der Waals surface area contributed by atoms with Crippen LogP contribution in [0.3, 0.4) is 0 Å². The molecule has 1 aromatic rings. The number of nitrogens with zero attached hydrogens (tertiary/aromatic N) is 2. The largest absolute Gasteiger partial charge is 0.473 e. The van der Waals surface area contributed by atoms with Gasteiger partial charge in [0.15, 0.2) is 5.82 Å². The number of aliphatic hydroxyl groups excluding tert-OH is 1. The molecule has 18 heavy (non-hydrogen) atoms. The van der Waals surface area contributed by atoms with E-state index in [4.69, 9.17) is 10.5 Å². The number of hydrogen-bond acceptors (Lipinski definition) is 6. The van der Waals surface area contributed by atoms with Crippen molar-refractivity contribution in [2.24, 2.45) is 0 Å². The Balaban J connectivity index is 2.77. The molecule has 0 amide bonds. The monoisotopic (exact) mass is 254 g/mol. The molecule has 2 atom stereocenters. The Morgan fingerprint density at radius 2 is 2.00 bits per heavy atom.